The molecule has 0 spiro atoms. The zero-order chi connectivity index (χ0) is 21.1. The molecule has 2 aromatic carbocycles. The molecule has 30 heavy (non-hydrogen) atoms. The molecule has 0 atom stereocenters. The van der Waals surface area contributed by atoms with Gasteiger partial charge in [0.25, 0.3) is 0 Å². The Morgan fingerprint density at radius 2 is 1.83 bits per heavy atom. The average Bonchev–Trinajstić information content (AvgIpc) is 3.17. The summed E-state index contributed by atoms with van der Waals surface area (Å²) < 4.78 is 25.7. The van der Waals surface area contributed by atoms with Gasteiger partial charge in [0.2, 0.25) is 5.91 Å². The lowest BCUT2D eigenvalue weighted by molar-refractivity contribution is -0.115. The smallest absolute Gasteiger partial charge is 0.225 e. The SMILES string of the molecule is CN1CCN(c2nc3ccc(NC(=O)CCS(=O)(=O)c4ccccc4)cc3s2)CC1. The van der Waals surface area contributed by atoms with E-state index in [0.717, 1.165) is 41.5 Å². The van der Waals surface area contributed by atoms with E-state index in [1.54, 1.807) is 47.7 Å². The normalized spacial score (nSPS) is 15.4. The van der Waals surface area contributed by atoms with Gasteiger partial charge >= 0.3 is 0 Å². The monoisotopic (exact) mass is 444 g/mol. The number of sulfone groups is 1. The number of rotatable bonds is 6. The van der Waals surface area contributed by atoms with Gasteiger partial charge in [0.15, 0.2) is 15.0 Å². The van der Waals surface area contributed by atoms with Crippen LogP contribution in [0.15, 0.2) is 53.4 Å². The van der Waals surface area contributed by atoms with Crippen molar-refractivity contribution in [1.29, 1.82) is 0 Å². The van der Waals surface area contributed by atoms with Gasteiger partial charge in [-0.15, -0.1) is 0 Å². The molecule has 0 saturated carbocycles. The Bertz CT molecular complexity index is 1140. The van der Waals surface area contributed by atoms with E-state index in [1.165, 1.54) is 0 Å². The van der Waals surface area contributed by atoms with Gasteiger partial charge in [0.05, 0.1) is 20.9 Å². The Kier molecular flexibility index (Phi) is 6.03. The minimum absolute atomic E-state index is 0.0928. The fourth-order valence-electron chi connectivity index (χ4n) is 3.32. The summed E-state index contributed by atoms with van der Waals surface area (Å²) in [6.07, 6.45) is -0.0928. The molecule has 1 fully saturated rings. The van der Waals surface area contributed by atoms with Gasteiger partial charge in [-0.05, 0) is 37.4 Å². The van der Waals surface area contributed by atoms with Crippen LogP contribution in [0.5, 0.6) is 0 Å². The maximum atomic E-state index is 12.3. The molecule has 2 heterocycles. The van der Waals surface area contributed by atoms with Crippen molar-refractivity contribution in [3.63, 3.8) is 0 Å². The van der Waals surface area contributed by atoms with Crippen molar-refractivity contribution < 1.29 is 13.2 Å². The summed E-state index contributed by atoms with van der Waals surface area (Å²) in [6.45, 7) is 3.94. The zero-order valence-corrected chi connectivity index (χ0v) is 18.4. The lowest BCUT2D eigenvalue weighted by atomic mass is 10.3. The molecule has 3 aromatic rings. The van der Waals surface area contributed by atoms with Crippen LogP contribution in [0.3, 0.4) is 0 Å². The second-order valence-electron chi connectivity index (χ2n) is 7.40. The lowest BCUT2D eigenvalue weighted by Gasteiger charge is -2.31. The van der Waals surface area contributed by atoms with E-state index >= 15 is 0 Å². The third-order valence-corrected chi connectivity index (χ3v) is 7.95. The first-order valence-electron chi connectivity index (χ1n) is 9.82. The topological polar surface area (TPSA) is 82.6 Å². The largest absolute Gasteiger partial charge is 0.345 e. The second kappa shape index (κ2) is 8.71. The number of amides is 1. The van der Waals surface area contributed by atoms with Gasteiger partial charge < -0.3 is 15.1 Å². The highest BCUT2D eigenvalue weighted by Gasteiger charge is 2.19. The van der Waals surface area contributed by atoms with Gasteiger partial charge in [0.1, 0.15) is 0 Å². The van der Waals surface area contributed by atoms with Crippen LogP contribution in [-0.2, 0) is 14.6 Å². The van der Waals surface area contributed by atoms with E-state index in [-0.39, 0.29) is 23.0 Å². The maximum Gasteiger partial charge on any atom is 0.225 e. The Hall–Kier alpha value is -2.49. The molecule has 1 amide bonds. The van der Waals surface area contributed by atoms with Crippen LogP contribution >= 0.6 is 11.3 Å². The molecule has 158 valence electrons. The number of thiazole rings is 1. The van der Waals surface area contributed by atoms with Crippen LogP contribution in [0.1, 0.15) is 6.42 Å². The molecule has 0 radical (unpaired) electrons. The van der Waals surface area contributed by atoms with E-state index in [2.05, 4.69) is 22.2 Å². The summed E-state index contributed by atoms with van der Waals surface area (Å²) in [6, 6.07) is 13.8. The fraction of sp³-hybridized carbons (Fsp3) is 0.333. The van der Waals surface area contributed by atoms with Crippen molar-refractivity contribution in [3.05, 3.63) is 48.5 Å². The van der Waals surface area contributed by atoms with E-state index in [0.29, 0.717) is 5.69 Å². The number of hydrogen-bond acceptors (Lipinski definition) is 7. The first kappa shape index (κ1) is 20.8. The van der Waals surface area contributed by atoms with Crippen LogP contribution < -0.4 is 10.2 Å². The first-order chi connectivity index (χ1) is 14.4. The van der Waals surface area contributed by atoms with Gasteiger partial charge in [-0.25, -0.2) is 13.4 Å². The van der Waals surface area contributed by atoms with Crippen molar-refractivity contribution in [3.8, 4) is 0 Å². The molecule has 0 unspecified atom stereocenters. The molecule has 1 aliphatic heterocycles. The quantitative estimate of drug-likeness (QED) is 0.630. The third-order valence-electron chi connectivity index (χ3n) is 5.13. The number of piperazine rings is 1. The molecule has 1 aromatic heterocycles. The Balaban J connectivity index is 1.39. The summed E-state index contributed by atoms with van der Waals surface area (Å²) in [5.41, 5.74) is 1.55. The number of carbonyl (C=O) groups is 1. The number of anilines is 2. The van der Waals surface area contributed by atoms with Crippen molar-refractivity contribution in [1.82, 2.24) is 9.88 Å². The molecule has 0 bridgehead atoms. The number of carbonyl (C=O) groups excluding carboxylic acids is 1. The molecule has 0 aliphatic carbocycles. The van der Waals surface area contributed by atoms with E-state index in [1.807, 2.05) is 12.1 Å². The molecule has 1 N–H and O–H groups in total. The highest BCUT2D eigenvalue weighted by molar-refractivity contribution is 7.91. The highest BCUT2D eigenvalue weighted by atomic mass is 32.2. The van der Waals surface area contributed by atoms with Crippen molar-refractivity contribution in [2.75, 3.05) is 49.2 Å². The van der Waals surface area contributed by atoms with Gasteiger partial charge in [-0.3, -0.25) is 4.79 Å². The lowest BCUT2D eigenvalue weighted by Crippen LogP contribution is -2.44. The number of hydrogen-bond donors (Lipinski definition) is 1. The van der Waals surface area contributed by atoms with Crippen LogP contribution in [-0.4, -0.2) is 63.2 Å². The summed E-state index contributed by atoms with van der Waals surface area (Å²) in [4.78, 5) is 21.9. The predicted molar refractivity (Wildman–Crippen MR) is 121 cm³/mol. The van der Waals surface area contributed by atoms with Gasteiger partial charge in [-0.1, -0.05) is 29.5 Å². The summed E-state index contributed by atoms with van der Waals surface area (Å²) in [7, 11) is -1.35. The second-order valence-corrected chi connectivity index (χ2v) is 10.5. The summed E-state index contributed by atoms with van der Waals surface area (Å²) in [5, 5.41) is 3.80. The Morgan fingerprint density at radius 1 is 1.10 bits per heavy atom. The fourth-order valence-corrected chi connectivity index (χ4v) is 5.64. The van der Waals surface area contributed by atoms with E-state index in [9.17, 15) is 13.2 Å². The molecular formula is C21H24N4O3S2. The van der Waals surface area contributed by atoms with Crippen LogP contribution in [0.2, 0.25) is 0 Å². The first-order valence-corrected chi connectivity index (χ1v) is 12.3. The number of aromatic nitrogens is 1. The van der Waals surface area contributed by atoms with Crippen molar-refractivity contribution >= 4 is 48.1 Å². The molecular weight excluding hydrogens is 420 g/mol. The molecule has 1 saturated heterocycles. The van der Waals surface area contributed by atoms with Crippen LogP contribution in [0.4, 0.5) is 10.8 Å². The standard InChI is InChI=1S/C21H24N4O3S2/c1-24-10-12-25(13-11-24)21-23-18-8-7-16(15-19(18)29-21)22-20(26)9-14-30(27,28)17-5-3-2-4-6-17/h2-8,15H,9-14H2,1H3,(H,22,26). The summed E-state index contributed by atoms with van der Waals surface area (Å²) >= 11 is 1.61. The molecule has 9 heteroatoms. The Labute approximate surface area is 180 Å². The van der Waals surface area contributed by atoms with E-state index in [4.69, 9.17) is 4.98 Å². The van der Waals surface area contributed by atoms with Gasteiger partial charge in [0, 0.05) is 38.3 Å². The van der Waals surface area contributed by atoms with Gasteiger partial charge in [-0.2, -0.15) is 0 Å². The highest BCUT2D eigenvalue weighted by Crippen LogP contribution is 2.31. The zero-order valence-electron chi connectivity index (χ0n) is 16.7. The maximum absolute atomic E-state index is 12.3. The van der Waals surface area contributed by atoms with Crippen molar-refractivity contribution in [2.45, 2.75) is 11.3 Å². The number of fused-ring (bicyclic) bond motifs is 1. The average molecular weight is 445 g/mol. The molecule has 7 nitrogen and oxygen atoms in total. The predicted octanol–water partition coefficient (Wildman–Crippen LogP) is 2.85. The number of nitrogens with one attached hydrogen (secondary N) is 1. The van der Waals surface area contributed by atoms with E-state index < -0.39 is 9.84 Å². The third kappa shape index (κ3) is 4.80. The number of likely N-dealkylation sites (N-methyl/N-ethyl adjacent to an activating group) is 1. The van der Waals surface area contributed by atoms with Crippen molar-refractivity contribution in [2.24, 2.45) is 0 Å². The number of benzene rings is 2. The van der Waals surface area contributed by atoms with Crippen LogP contribution in [0, 0.1) is 0 Å². The minimum Gasteiger partial charge on any atom is -0.345 e. The molecule has 4 rings (SSSR count). The Morgan fingerprint density at radius 3 is 2.57 bits per heavy atom. The van der Waals surface area contributed by atoms with Crippen LogP contribution in [0.25, 0.3) is 10.2 Å². The summed E-state index contributed by atoms with van der Waals surface area (Å²) in [5.74, 6) is -0.545. The number of nitrogens with zero attached hydrogens (tertiary/aromatic N) is 3. The minimum atomic E-state index is -3.47. The molecule has 1 aliphatic rings.